The number of nitrogens with one attached hydrogen (secondary N) is 1. The van der Waals surface area contributed by atoms with E-state index in [4.69, 9.17) is 15.6 Å². The van der Waals surface area contributed by atoms with Gasteiger partial charge in [-0.25, -0.2) is 4.79 Å². The Balaban J connectivity index is 1.97. The van der Waals surface area contributed by atoms with Gasteiger partial charge < -0.3 is 20.9 Å². The van der Waals surface area contributed by atoms with Gasteiger partial charge in [0.15, 0.2) is 0 Å². The van der Waals surface area contributed by atoms with Crippen molar-refractivity contribution in [3.05, 3.63) is 12.2 Å². The number of hydrogen-bond acceptors (Lipinski definition) is 5. The lowest BCUT2D eigenvalue weighted by atomic mass is 9.96. The van der Waals surface area contributed by atoms with Gasteiger partial charge in [-0.2, -0.15) is 0 Å². The molecule has 0 spiro atoms. The smallest absolute Gasteiger partial charge is 0.332 e. The van der Waals surface area contributed by atoms with Gasteiger partial charge in [0.1, 0.15) is 6.04 Å². The zero-order chi connectivity index (χ0) is 17.0. The van der Waals surface area contributed by atoms with Crippen LogP contribution < -0.4 is 11.1 Å². The SMILES string of the molecule is COC(=O)C(C=CC(C1CC1)C1CC1)NC(=O)[C@@H](N)CC(=O)O. The van der Waals surface area contributed by atoms with Crippen LogP contribution in [0.2, 0.25) is 0 Å². The fraction of sp³-hybridized carbons (Fsp3) is 0.688. The van der Waals surface area contributed by atoms with Crippen molar-refractivity contribution in [1.82, 2.24) is 5.32 Å². The second-order valence-corrected chi connectivity index (χ2v) is 6.35. The lowest BCUT2D eigenvalue weighted by Gasteiger charge is -2.17. The molecule has 0 aromatic carbocycles. The Morgan fingerprint density at radius 1 is 1.22 bits per heavy atom. The van der Waals surface area contributed by atoms with Crippen molar-refractivity contribution < 1.29 is 24.2 Å². The minimum atomic E-state index is -1.20. The van der Waals surface area contributed by atoms with E-state index in [1.54, 1.807) is 6.08 Å². The van der Waals surface area contributed by atoms with Crippen molar-refractivity contribution >= 4 is 17.8 Å². The van der Waals surface area contributed by atoms with Crippen LogP contribution >= 0.6 is 0 Å². The summed E-state index contributed by atoms with van der Waals surface area (Å²) in [7, 11) is 1.24. The van der Waals surface area contributed by atoms with Gasteiger partial charge in [0.05, 0.1) is 19.6 Å². The number of carbonyl (C=O) groups is 3. The number of carbonyl (C=O) groups excluding carboxylic acids is 2. The molecule has 0 heterocycles. The molecule has 7 nitrogen and oxygen atoms in total. The maximum Gasteiger partial charge on any atom is 0.332 e. The van der Waals surface area contributed by atoms with Crippen LogP contribution in [0.3, 0.4) is 0 Å². The van der Waals surface area contributed by atoms with Crippen LogP contribution in [0.1, 0.15) is 32.1 Å². The van der Waals surface area contributed by atoms with E-state index in [0.717, 1.165) is 0 Å². The number of amides is 1. The summed E-state index contributed by atoms with van der Waals surface area (Å²) >= 11 is 0. The van der Waals surface area contributed by atoms with Gasteiger partial charge in [-0.1, -0.05) is 12.2 Å². The Bertz CT molecular complexity index is 485. The fourth-order valence-electron chi connectivity index (χ4n) is 2.75. The number of rotatable bonds is 9. The number of esters is 1. The highest BCUT2D eigenvalue weighted by Gasteiger charge is 2.40. The molecule has 2 aliphatic rings. The molecule has 4 N–H and O–H groups in total. The number of hydrogen-bond donors (Lipinski definition) is 3. The molecule has 0 aliphatic heterocycles. The molecule has 0 aromatic heterocycles. The molecule has 1 unspecified atom stereocenters. The van der Waals surface area contributed by atoms with Gasteiger partial charge in [-0.3, -0.25) is 9.59 Å². The van der Waals surface area contributed by atoms with E-state index in [9.17, 15) is 14.4 Å². The van der Waals surface area contributed by atoms with Gasteiger partial charge in [-0.15, -0.1) is 0 Å². The van der Waals surface area contributed by atoms with Crippen LogP contribution in [0, 0.1) is 17.8 Å². The van der Waals surface area contributed by atoms with Crippen LogP contribution in [0.5, 0.6) is 0 Å². The van der Waals surface area contributed by atoms with Crippen LogP contribution in [0.15, 0.2) is 12.2 Å². The van der Waals surface area contributed by atoms with Crippen LogP contribution in [0.25, 0.3) is 0 Å². The fourth-order valence-corrected chi connectivity index (χ4v) is 2.75. The summed E-state index contributed by atoms with van der Waals surface area (Å²) in [6.07, 6.45) is 8.01. The molecule has 23 heavy (non-hydrogen) atoms. The summed E-state index contributed by atoms with van der Waals surface area (Å²) in [5.74, 6) is -0.625. The molecule has 0 saturated heterocycles. The number of allylic oxidation sites excluding steroid dienone is 1. The minimum absolute atomic E-state index is 0.451. The normalized spacial score (nSPS) is 20.3. The molecular weight excluding hydrogens is 300 g/mol. The predicted molar refractivity (Wildman–Crippen MR) is 82.3 cm³/mol. The molecular formula is C16H24N2O5. The number of nitrogens with two attached hydrogens (primary N) is 1. The predicted octanol–water partition coefficient (Wildman–Crippen LogP) is 0.439. The molecule has 1 amide bonds. The van der Waals surface area contributed by atoms with Crippen molar-refractivity contribution in [3.8, 4) is 0 Å². The first-order chi connectivity index (χ1) is 10.9. The summed E-state index contributed by atoms with van der Waals surface area (Å²) in [4.78, 5) is 34.3. The Morgan fingerprint density at radius 2 is 1.78 bits per heavy atom. The quantitative estimate of drug-likeness (QED) is 0.418. The maximum absolute atomic E-state index is 11.9. The Morgan fingerprint density at radius 3 is 2.22 bits per heavy atom. The third-order valence-corrected chi connectivity index (χ3v) is 4.34. The van der Waals surface area contributed by atoms with Gasteiger partial charge in [0, 0.05) is 0 Å². The highest BCUT2D eigenvalue weighted by Crippen LogP contribution is 2.49. The highest BCUT2D eigenvalue weighted by molar-refractivity contribution is 5.90. The van der Waals surface area contributed by atoms with E-state index in [0.29, 0.717) is 17.8 Å². The van der Waals surface area contributed by atoms with E-state index in [1.165, 1.54) is 32.8 Å². The lowest BCUT2D eigenvalue weighted by molar-refractivity contribution is -0.144. The molecule has 2 aliphatic carbocycles. The van der Waals surface area contributed by atoms with Gasteiger partial charge in [-0.05, 0) is 43.4 Å². The molecule has 7 heteroatoms. The zero-order valence-corrected chi connectivity index (χ0v) is 13.2. The summed E-state index contributed by atoms with van der Waals surface area (Å²) in [5.41, 5.74) is 5.51. The maximum atomic E-state index is 11.9. The van der Waals surface area contributed by atoms with E-state index in [-0.39, 0.29) is 0 Å². The molecule has 0 aromatic rings. The molecule has 0 radical (unpaired) electrons. The lowest BCUT2D eigenvalue weighted by Crippen LogP contribution is -2.48. The number of methoxy groups -OCH3 is 1. The monoisotopic (exact) mass is 324 g/mol. The zero-order valence-electron chi connectivity index (χ0n) is 13.2. The third-order valence-electron chi connectivity index (χ3n) is 4.34. The number of aliphatic carboxylic acids is 1. The largest absolute Gasteiger partial charge is 0.481 e. The van der Waals surface area contributed by atoms with E-state index >= 15 is 0 Å². The Kier molecular flexibility index (Phi) is 5.76. The Labute approximate surface area is 135 Å². The van der Waals surface area contributed by atoms with Crippen LogP contribution in [-0.2, 0) is 19.1 Å². The Hall–Kier alpha value is -1.89. The summed E-state index contributed by atoms with van der Waals surface area (Å²) in [6.45, 7) is 0. The van der Waals surface area contributed by atoms with Crippen molar-refractivity contribution in [2.24, 2.45) is 23.5 Å². The molecule has 2 atom stereocenters. The average molecular weight is 324 g/mol. The summed E-state index contributed by atoms with van der Waals surface area (Å²) in [5, 5.41) is 11.1. The van der Waals surface area contributed by atoms with E-state index in [1.807, 2.05) is 6.08 Å². The topological polar surface area (TPSA) is 119 Å². The molecule has 0 bridgehead atoms. The molecule has 2 fully saturated rings. The van der Waals surface area contributed by atoms with Crippen molar-refractivity contribution in [2.45, 2.75) is 44.2 Å². The van der Waals surface area contributed by atoms with Gasteiger partial charge in [0.2, 0.25) is 5.91 Å². The van der Waals surface area contributed by atoms with Crippen molar-refractivity contribution in [3.63, 3.8) is 0 Å². The molecule has 2 saturated carbocycles. The summed E-state index contributed by atoms with van der Waals surface area (Å²) < 4.78 is 4.70. The van der Waals surface area contributed by atoms with Crippen LogP contribution in [-0.4, -0.2) is 42.1 Å². The number of ether oxygens (including phenoxy) is 1. The van der Waals surface area contributed by atoms with Crippen molar-refractivity contribution in [1.29, 1.82) is 0 Å². The van der Waals surface area contributed by atoms with Crippen LogP contribution in [0.4, 0.5) is 0 Å². The summed E-state index contributed by atoms with van der Waals surface area (Å²) in [6, 6.07) is -2.14. The number of carboxylic acid groups (broad SMARTS) is 1. The van der Waals surface area contributed by atoms with E-state index in [2.05, 4.69) is 5.32 Å². The van der Waals surface area contributed by atoms with Gasteiger partial charge in [0.25, 0.3) is 0 Å². The minimum Gasteiger partial charge on any atom is -0.481 e. The second kappa shape index (κ2) is 7.59. The van der Waals surface area contributed by atoms with E-state index < -0.39 is 36.4 Å². The first kappa shape index (κ1) is 17.5. The average Bonchev–Trinajstić information content (AvgIpc) is 3.37. The second-order valence-electron chi connectivity index (χ2n) is 6.35. The molecule has 2 rings (SSSR count). The standard InChI is InChI=1S/C16H24N2O5/c1-23-16(22)13(18-15(21)12(17)8-14(19)20)7-6-11(9-2-3-9)10-4-5-10/h6-7,9-13H,2-5,8,17H2,1H3,(H,18,21)(H,19,20)/t12-,13?/m0/s1. The highest BCUT2D eigenvalue weighted by atomic mass is 16.5. The molecule has 128 valence electrons. The van der Waals surface area contributed by atoms with Gasteiger partial charge >= 0.3 is 11.9 Å². The first-order valence-electron chi connectivity index (χ1n) is 7.96. The number of carboxylic acids is 1. The first-order valence-corrected chi connectivity index (χ1v) is 7.96. The third kappa shape index (κ3) is 5.35. The van der Waals surface area contributed by atoms with Crippen molar-refractivity contribution in [2.75, 3.05) is 7.11 Å².